The second kappa shape index (κ2) is 3.73. The van der Waals surface area contributed by atoms with Crippen LogP contribution in [-0.2, 0) is 4.79 Å². The Morgan fingerprint density at radius 2 is 1.71 bits per heavy atom. The van der Waals surface area contributed by atoms with E-state index in [-0.39, 0.29) is 5.48 Å². The number of carbonyl (C=O) groups is 1. The van der Waals surface area contributed by atoms with Crippen molar-refractivity contribution in [1.82, 2.24) is 0 Å². The maximum absolute atomic E-state index is 9.64. The third-order valence-corrected chi connectivity index (χ3v) is 0.364. The Kier molecular flexibility index (Phi) is 5.19. The summed E-state index contributed by atoms with van der Waals surface area (Å²) >= 11 is 0. The van der Waals surface area contributed by atoms with Gasteiger partial charge < -0.3 is 15.7 Å². The van der Waals surface area contributed by atoms with Gasteiger partial charge in [-0.2, -0.15) is 0 Å². The Bertz CT molecular complexity index is 58.0. The second-order valence-corrected chi connectivity index (χ2v) is 0.984. The van der Waals surface area contributed by atoms with E-state index in [1.807, 2.05) is 0 Å². The summed E-state index contributed by atoms with van der Waals surface area (Å²) in [6.07, 6.45) is -1.79. The van der Waals surface area contributed by atoms with Crippen LogP contribution in [0.5, 0.6) is 0 Å². The maximum Gasteiger partial charge on any atom is 0.212 e. The van der Waals surface area contributed by atoms with Crippen molar-refractivity contribution < 1.29 is 20.5 Å². The summed E-state index contributed by atoms with van der Waals surface area (Å²) in [5.41, 5.74) is 0. The highest BCUT2D eigenvalue weighted by molar-refractivity contribution is 5.78. The van der Waals surface area contributed by atoms with Gasteiger partial charge in [0.2, 0.25) is 6.29 Å². The standard InChI is InChI=1S/C3H6O3.H2O/c1-2(4)3(5)6;/h3,5-6H,1H3;1H2. The third-order valence-electron chi connectivity index (χ3n) is 0.364. The molecule has 0 heterocycles. The fraction of sp³-hybridized carbons (Fsp3) is 0.667. The maximum atomic E-state index is 9.64. The molecule has 4 nitrogen and oxygen atoms in total. The fourth-order valence-corrected chi connectivity index (χ4v) is 0. The quantitative estimate of drug-likeness (QED) is 0.383. The number of Topliss-reactive ketones (excluding diaryl/α,β-unsaturated/α-hetero) is 1. The van der Waals surface area contributed by atoms with Crippen LogP contribution >= 0.6 is 0 Å². The molecule has 0 unspecified atom stereocenters. The van der Waals surface area contributed by atoms with Crippen LogP contribution in [0.4, 0.5) is 0 Å². The monoisotopic (exact) mass is 108 g/mol. The molecule has 0 saturated heterocycles. The number of hydrogen-bond donors (Lipinski definition) is 2. The number of aliphatic hydroxyl groups is 2. The zero-order chi connectivity index (χ0) is 5.15. The first-order valence-corrected chi connectivity index (χ1v) is 1.51. The van der Waals surface area contributed by atoms with E-state index in [2.05, 4.69) is 0 Å². The number of aliphatic hydroxyl groups excluding tert-OH is 1. The number of hydrogen-bond acceptors (Lipinski definition) is 3. The van der Waals surface area contributed by atoms with Gasteiger partial charge in [0.15, 0.2) is 5.78 Å². The Hall–Kier alpha value is -0.450. The van der Waals surface area contributed by atoms with Gasteiger partial charge >= 0.3 is 0 Å². The normalized spacial score (nSPS) is 8.00. The topological polar surface area (TPSA) is 89.0 Å². The van der Waals surface area contributed by atoms with Crippen molar-refractivity contribution in [2.45, 2.75) is 13.2 Å². The summed E-state index contributed by atoms with van der Waals surface area (Å²) in [6, 6.07) is 0. The van der Waals surface area contributed by atoms with Crippen LogP contribution in [0.15, 0.2) is 0 Å². The summed E-state index contributed by atoms with van der Waals surface area (Å²) < 4.78 is 0. The Labute approximate surface area is 40.7 Å². The number of ketones is 1. The summed E-state index contributed by atoms with van der Waals surface area (Å²) in [5.74, 6) is -0.630. The lowest BCUT2D eigenvalue weighted by Gasteiger charge is -1.90. The van der Waals surface area contributed by atoms with Gasteiger partial charge in [0, 0.05) is 0 Å². The molecule has 0 aromatic rings. The van der Waals surface area contributed by atoms with E-state index in [1.165, 1.54) is 0 Å². The molecule has 4 N–H and O–H groups in total. The SMILES string of the molecule is CC(=O)C(O)O.O. The summed E-state index contributed by atoms with van der Waals surface area (Å²) in [4.78, 5) is 9.64. The fourth-order valence-electron chi connectivity index (χ4n) is 0. The molecule has 44 valence electrons. The van der Waals surface area contributed by atoms with E-state index in [1.54, 1.807) is 0 Å². The molecule has 0 spiro atoms. The van der Waals surface area contributed by atoms with Gasteiger partial charge in [-0.1, -0.05) is 0 Å². The van der Waals surface area contributed by atoms with Crippen LogP contribution in [-0.4, -0.2) is 27.8 Å². The van der Waals surface area contributed by atoms with Crippen LogP contribution in [0, 0.1) is 0 Å². The van der Waals surface area contributed by atoms with Crippen LogP contribution < -0.4 is 0 Å². The zero-order valence-corrected chi connectivity index (χ0v) is 3.88. The molecule has 7 heavy (non-hydrogen) atoms. The van der Waals surface area contributed by atoms with Gasteiger partial charge in [0.1, 0.15) is 0 Å². The molecule has 0 rings (SSSR count). The summed E-state index contributed by atoms with van der Waals surface area (Å²) in [7, 11) is 0. The largest absolute Gasteiger partial charge is 0.412 e. The van der Waals surface area contributed by atoms with Gasteiger partial charge in [-0.15, -0.1) is 0 Å². The van der Waals surface area contributed by atoms with Gasteiger partial charge in [0.25, 0.3) is 0 Å². The molecular weight excluding hydrogens is 100 g/mol. The van der Waals surface area contributed by atoms with Crippen molar-refractivity contribution in [1.29, 1.82) is 0 Å². The number of rotatable bonds is 1. The molecule has 0 atom stereocenters. The predicted molar refractivity (Wildman–Crippen MR) is 22.5 cm³/mol. The van der Waals surface area contributed by atoms with Gasteiger partial charge in [-0.25, -0.2) is 0 Å². The minimum Gasteiger partial charge on any atom is -0.412 e. The van der Waals surface area contributed by atoms with E-state index < -0.39 is 12.1 Å². The third kappa shape index (κ3) is 5.55. The molecular formula is C3H8O4. The first kappa shape index (κ1) is 9.75. The molecule has 0 aromatic heterocycles. The Morgan fingerprint density at radius 1 is 1.57 bits per heavy atom. The molecule has 0 amide bonds. The first-order chi connectivity index (χ1) is 2.64. The van der Waals surface area contributed by atoms with Crippen LogP contribution in [0.25, 0.3) is 0 Å². The smallest absolute Gasteiger partial charge is 0.212 e. The van der Waals surface area contributed by atoms with Gasteiger partial charge in [0.05, 0.1) is 0 Å². The lowest BCUT2D eigenvalue weighted by Crippen LogP contribution is -2.14. The molecule has 0 radical (unpaired) electrons. The summed E-state index contributed by atoms with van der Waals surface area (Å²) in [6.45, 7) is 1.10. The molecule has 0 bridgehead atoms. The number of carbonyl (C=O) groups excluding carboxylic acids is 1. The zero-order valence-electron chi connectivity index (χ0n) is 3.88. The van der Waals surface area contributed by atoms with E-state index >= 15 is 0 Å². The van der Waals surface area contributed by atoms with Crippen molar-refractivity contribution in [3.63, 3.8) is 0 Å². The molecule has 0 saturated carbocycles. The van der Waals surface area contributed by atoms with Crippen LogP contribution in [0.2, 0.25) is 0 Å². The lowest BCUT2D eigenvalue weighted by molar-refractivity contribution is -0.142. The van der Waals surface area contributed by atoms with Crippen molar-refractivity contribution in [2.24, 2.45) is 0 Å². The Balaban J connectivity index is 0. The molecule has 0 aliphatic rings. The van der Waals surface area contributed by atoms with Crippen molar-refractivity contribution in [3.05, 3.63) is 0 Å². The van der Waals surface area contributed by atoms with Crippen molar-refractivity contribution >= 4 is 5.78 Å². The van der Waals surface area contributed by atoms with Crippen molar-refractivity contribution in [3.8, 4) is 0 Å². The van der Waals surface area contributed by atoms with Gasteiger partial charge in [-0.3, -0.25) is 4.79 Å². The molecule has 0 aliphatic heterocycles. The van der Waals surface area contributed by atoms with Gasteiger partial charge in [-0.05, 0) is 6.92 Å². The van der Waals surface area contributed by atoms with E-state index in [0.29, 0.717) is 0 Å². The molecule has 0 aromatic carbocycles. The second-order valence-electron chi connectivity index (χ2n) is 0.984. The van der Waals surface area contributed by atoms with Crippen LogP contribution in [0.3, 0.4) is 0 Å². The van der Waals surface area contributed by atoms with E-state index in [9.17, 15) is 4.79 Å². The van der Waals surface area contributed by atoms with Crippen molar-refractivity contribution in [2.75, 3.05) is 0 Å². The predicted octanol–water partition coefficient (Wildman–Crippen LogP) is -1.94. The lowest BCUT2D eigenvalue weighted by atomic mass is 10.4. The minimum atomic E-state index is -1.79. The average Bonchev–Trinajstić information content (AvgIpc) is 1.36. The molecule has 4 heteroatoms. The molecule has 0 fully saturated rings. The highest BCUT2D eigenvalue weighted by atomic mass is 16.5. The van der Waals surface area contributed by atoms with E-state index in [0.717, 1.165) is 6.92 Å². The highest BCUT2D eigenvalue weighted by Gasteiger charge is 1.99. The minimum absolute atomic E-state index is 0. The Morgan fingerprint density at radius 3 is 1.71 bits per heavy atom. The molecule has 0 aliphatic carbocycles. The van der Waals surface area contributed by atoms with Crippen LogP contribution in [0.1, 0.15) is 6.92 Å². The average molecular weight is 108 g/mol. The van der Waals surface area contributed by atoms with E-state index in [4.69, 9.17) is 10.2 Å². The summed E-state index contributed by atoms with van der Waals surface area (Å²) in [5, 5.41) is 15.7. The first-order valence-electron chi connectivity index (χ1n) is 1.51. The highest BCUT2D eigenvalue weighted by Crippen LogP contribution is 1.72.